The minimum Gasteiger partial charge on any atom is -0.394 e. The van der Waals surface area contributed by atoms with Gasteiger partial charge in [-0.25, -0.2) is 4.79 Å². The van der Waals surface area contributed by atoms with Crippen molar-refractivity contribution in [1.82, 2.24) is 10.2 Å². The van der Waals surface area contributed by atoms with Gasteiger partial charge in [-0.3, -0.25) is 0 Å². The maximum atomic E-state index is 12.2. The first-order chi connectivity index (χ1) is 9.49. The number of halogens is 1. The van der Waals surface area contributed by atoms with Crippen LogP contribution >= 0.6 is 22.9 Å². The lowest BCUT2D eigenvalue weighted by atomic mass is 10.2. The Morgan fingerprint density at radius 3 is 3.00 bits per heavy atom. The molecule has 3 atom stereocenters. The topological polar surface area (TPSA) is 61.8 Å². The second-order valence-electron chi connectivity index (χ2n) is 4.97. The lowest BCUT2D eigenvalue weighted by Crippen LogP contribution is -2.53. The van der Waals surface area contributed by atoms with E-state index in [1.807, 2.05) is 26.0 Å². The van der Waals surface area contributed by atoms with Crippen LogP contribution in [0.4, 0.5) is 4.79 Å². The van der Waals surface area contributed by atoms with Gasteiger partial charge in [-0.2, -0.15) is 0 Å². The molecule has 1 saturated heterocycles. The second-order valence-corrected chi connectivity index (χ2v) is 6.72. The quantitative estimate of drug-likeness (QED) is 0.898. The van der Waals surface area contributed by atoms with Crippen molar-refractivity contribution in [3.63, 3.8) is 0 Å². The number of hydrogen-bond donors (Lipinski definition) is 2. The lowest BCUT2D eigenvalue weighted by molar-refractivity contribution is -0.0835. The summed E-state index contributed by atoms with van der Waals surface area (Å²) in [5, 5.41) is 12.1. The third-order valence-electron chi connectivity index (χ3n) is 3.18. The maximum absolute atomic E-state index is 12.2. The molecule has 1 aromatic rings. The zero-order valence-corrected chi connectivity index (χ0v) is 13.1. The molecule has 1 aromatic heterocycles. The minimum absolute atomic E-state index is 0.0712. The molecule has 7 heteroatoms. The molecule has 20 heavy (non-hydrogen) atoms. The van der Waals surface area contributed by atoms with Crippen molar-refractivity contribution in [2.45, 2.75) is 32.1 Å². The molecular formula is C13H19ClN2O3S. The number of rotatable bonds is 3. The molecule has 2 amide bonds. The van der Waals surface area contributed by atoms with Gasteiger partial charge < -0.3 is 20.1 Å². The molecule has 0 aliphatic carbocycles. The zero-order valence-electron chi connectivity index (χ0n) is 11.5. The molecule has 5 nitrogen and oxygen atoms in total. The van der Waals surface area contributed by atoms with Crippen LogP contribution in [0.15, 0.2) is 12.1 Å². The molecule has 1 aliphatic rings. The third-order valence-corrected chi connectivity index (χ3v) is 4.59. The Kier molecular flexibility index (Phi) is 5.26. The fraction of sp³-hybridized carbons (Fsp3) is 0.615. The average Bonchev–Trinajstić information content (AvgIpc) is 2.84. The zero-order chi connectivity index (χ0) is 14.7. The number of carbonyl (C=O) groups excluding carboxylic acids is 1. The van der Waals surface area contributed by atoms with Crippen LogP contribution in [-0.4, -0.2) is 47.9 Å². The number of nitrogens with one attached hydrogen (secondary N) is 1. The highest BCUT2D eigenvalue weighted by molar-refractivity contribution is 7.16. The summed E-state index contributed by atoms with van der Waals surface area (Å²) < 4.78 is 6.23. The van der Waals surface area contributed by atoms with Crippen molar-refractivity contribution in [3.8, 4) is 0 Å². The summed E-state index contributed by atoms with van der Waals surface area (Å²) in [5.41, 5.74) is 0. The fourth-order valence-electron chi connectivity index (χ4n) is 2.22. The van der Waals surface area contributed by atoms with Gasteiger partial charge in [0.15, 0.2) is 0 Å². The van der Waals surface area contributed by atoms with Crippen molar-refractivity contribution >= 4 is 29.0 Å². The Balaban J connectivity index is 1.93. The Morgan fingerprint density at radius 1 is 1.65 bits per heavy atom. The highest BCUT2D eigenvalue weighted by Gasteiger charge is 2.28. The summed E-state index contributed by atoms with van der Waals surface area (Å²) in [6.07, 6.45) is -0.380. The number of aliphatic hydroxyl groups excluding tert-OH is 1. The van der Waals surface area contributed by atoms with E-state index in [2.05, 4.69) is 5.32 Å². The molecule has 1 aliphatic heterocycles. The predicted octanol–water partition coefficient (Wildman–Crippen LogP) is 2.25. The molecule has 0 unspecified atom stereocenters. The molecule has 0 radical (unpaired) electrons. The molecule has 0 spiro atoms. The first kappa shape index (κ1) is 15.6. The van der Waals surface area contributed by atoms with Crippen molar-refractivity contribution in [2.75, 3.05) is 19.7 Å². The number of aliphatic hydroxyl groups is 1. The van der Waals surface area contributed by atoms with Gasteiger partial charge in [0.25, 0.3) is 0 Å². The summed E-state index contributed by atoms with van der Waals surface area (Å²) in [6, 6.07) is 3.50. The van der Waals surface area contributed by atoms with Crippen LogP contribution in [-0.2, 0) is 4.74 Å². The van der Waals surface area contributed by atoms with E-state index < -0.39 is 0 Å². The predicted molar refractivity (Wildman–Crippen MR) is 79.3 cm³/mol. The maximum Gasteiger partial charge on any atom is 0.318 e. The van der Waals surface area contributed by atoms with Crippen LogP contribution < -0.4 is 5.32 Å². The Labute approximate surface area is 127 Å². The summed E-state index contributed by atoms with van der Waals surface area (Å²) in [5.74, 6) is 0. The highest BCUT2D eigenvalue weighted by Crippen LogP contribution is 2.26. The Bertz CT molecular complexity index is 468. The largest absolute Gasteiger partial charge is 0.394 e. The number of hydrogen-bond acceptors (Lipinski definition) is 4. The van der Waals surface area contributed by atoms with Crippen LogP contribution in [0.2, 0.25) is 4.34 Å². The van der Waals surface area contributed by atoms with Crippen molar-refractivity contribution in [1.29, 1.82) is 0 Å². The van der Waals surface area contributed by atoms with Crippen LogP contribution in [0.3, 0.4) is 0 Å². The van der Waals surface area contributed by atoms with Gasteiger partial charge in [-0.05, 0) is 26.0 Å². The summed E-state index contributed by atoms with van der Waals surface area (Å²) >= 11 is 7.36. The van der Waals surface area contributed by atoms with E-state index in [9.17, 15) is 9.90 Å². The van der Waals surface area contributed by atoms with Gasteiger partial charge in [0.1, 0.15) is 0 Å². The molecule has 0 aromatic carbocycles. The minimum atomic E-state index is -0.309. The first-order valence-electron chi connectivity index (χ1n) is 6.56. The Hall–Kier alpha value is -0.820. The van der Waals surface area contributed by atoms with Gasteiger partial charge in [0.2, 0.25) is 0 Å². The van der Waals surface area contributed by atoms with E-state index in [4.69, 9.17) is 16.3 Å². The van der Waals surface area contributed by atoms with Crippen molar-refractivity contribution in [3.05, 3.63) is 21.3 Å². The molecule has 0 saturated carbocycles. The number of morpholine rings is 1. The first-order valence-corrected chi connectivity index (χ1v) is 7.76. The summed E-state index contributed by atoms with van der Waals surface area (Å²) in [6.45, 7) is 4.67. The van der Waals surface area contributed by atoms with Crippen molar-refractivity contribution < 1.29 is 14.6 Å². The van der Waals surface area contributed by atoms with E-state index in [1.165, 1.54) is 11.3 Å². The van der Waals surface area contributed by atoms with Gasteiger partial charge in [0.05, 0.1) is 35.7 Å². The number of thiophene rings is 1. The molecule has 2 N–H and O–H groups in total. The van der Waals surface area contributed by atoms with Crippen LogP contribution in [0.1, 0.15) is 24.8 Å². The van der Waals surface area contributed by atoms with Gasteiger partial charge in [-0.15, -0.1) is 11.3 Å². The van der Waals surface area contributed by atoms with E-state index in [1.54, 1.807) is 4.90 Å². The van der Waals surface area contributed by atoms with Gasteiger partial charge in [-0.1, -0.05) is 11.6 Å². The van der Waals surface area contributed by atoms with Crippen LogP contribution in [0, 0.1) is 0 Å². The summed E-state index contributed by atoms with van der Waals surface area (Å²) in [7, 11) is 0. The van der Waals surface area contributed by atoms with E-state index >= 15 is 0 Å². The molecule has 2 heterocycles. The number of urea groups is 1. The number of ether oxygens (including phenoxy) is 1. The molecule has 0 bridgehead atoms. The smallest absolute Gasteiger partial charge is 0.318 e. The molecule has 2 rings (SSSR count). The highest BCUT2D eigenvalue weighted by atomic mass is 35.5. The molecule has 1 fully saturated rings. The number of nitrogens with zero attached hydrogens (tertiary/aromatic N) is 1. The fourth-order valence-corrected chi connectivity index (χ4v) is 3.28. The van der Waals surface area contributed by atoms with Gasteiger partial charge in [0, 0.05) is 11.4 Å². The summed E-state index contributed by atoms with van der Waals surface area (Å²) in [4.78, 5) is 14.9. The number of carbonyl (C=O) groups is 1. The lowest BCUT2D eigenvalue weighted by Gasteiger charge is -2.36. The standard InChI is InChI=1S/C13H19ClN2O3S/c1-8-5-16(6-10(7-17)19-8)13(18)15-9(2)11-3-4-12(14)20-11/h3-4,8-10,17H,5-7H2,1-2H3,(H,15,18)/t8-,9+,10-/m1/s1. The number of amides is 2. The van der Waals surface area contributed by atoms with E-state index in [-0.39, 0.29) is 30.9 Å². The second kappa shape index (κ2) is 6.76. The normalized spacial score (nSPS) is 24.5. The molecular weight excluding hydrogens is 300 g/mol. The molecule has 112 valence electrons. The average molecular weight is 319 g/mol. The monoisotopic (exact) mass is 318 g/mol. The van der Waals surface area contributed by atoms with E-state index in [0.29, 0.717) is 17.4 Å². The third kappa shape index (κ3) is 3.85. The van der Waals surface area contributed by atoms with Crippen LogP contribution in [0.25, 0.3) is 0 Å². The van der Waals surface area contributed by atoms with Crippen molar-refractivity contribution in [2.24, 2.45) is 0 Å². The van der Waals surface area contributed by atoms with E-state index in [0.717, 1.165) is 4.88 Å². The Morgan fingerprint density at radius 2 is 2.40 bits per heavy atom. The van der Waals surface area contributed by atoms with Crippen LogP contribution in [0.5, 0.6) is 0 Å². The van der Waals surface area contributed by atoms with Gasteiger partial charge >= 0.3 is 6.03 Å². The SMILES string of the molecule is C[C@@H]1CN(C(=O)N[C@@H](C)c2ccc(Cl)s2)C[C@H](CO)O1.